The molecular weight excluding hydrogens is 452 g/mol. The largest absolute Gasteiger partial charge is 0.302 e. The van der Waals surface area contributed by atoms with Crippen molar-refractivity contribution in [1.82, 2.24) is 14.5 Å². The Labute approximate surface area is 192 Å². The molecule has 2 heterocycles. The number of hydrogen-bond donors (Lipinski definition) is 1. The molecule has 0 spiro atoms. The summed E-state index contributed by atoms with van der Waals surface area (Å²) in [6.07, 6.45) is 0.285. The van der Waals surface area contributed by atoms with Crippen LogP contribution in [0.4, 0.5) is 5.13 Å². The summed E-state index contributed by atoms with van der Waals surface area (Å²) in [6.45, 7) is 2.44. The summed E-state index contributed by atoms with van der Waals surface area (Å²) >= 11 is 8.70. The average Bonchev–Trinajstić information content (AvgIpc) is 3.23. The van der Waals surface area contributed by atoms with Crippen molar-refractivity contribution in [2.75, 3.05) is 11.1 Å². The van der Waals surface area contributed by atoms with Crippen LogP contribution in [0, 0.1) is 0 Å². The van der Waals surface area contributed by atoms with Crippen LogP contribution in [0.1, 0.15) is 13.3 Å². The maximum atomic E-state index is 12.7. The lowest BCUT2D eigenvalue weighted by Crippen LogP contribution is -2.22. The second-order valence-electron chi connectivity index (χ2n) is 6.65. The van der Waals surface area contributed by atoms with Gasteiger partial charge in [0.1, 0.15) is 0 Å². The molecule has 0 aliphatic heterocycles. The highest BCUT2D eigenvalue weighted by molar-refractivity contribution is 7.99. The van der Waals surface area contributed by atoms with Gasteiger partial charge in [0.15, 0.2) is 10.3 Å². The summed E-state index contributed by atoms with van der Waals surface area (Å²) in [5, 5.41) is 7.18. The van der Waals surface area contributed by atoms with E-state index in [1.165, 1.54) is 23.1 Å². The number of amides is 1. The number of para-hydroxylation sites is 1. The third kappa shape index (κ3) is 4.98. The maximum absolute atomic E-state index is 12.7. The first-order chi connectivity index (χ1) is 15.0. The molecule has 4 aromatic rings. The molecule has 0 radical (unpaired) electrons. The van der Waals surface area contributed by atoms with Crippen LogP contribution in [0.5, 0.6) is 0 Å². The van der Waals surface area contributed by atoms with Crippen LogP contribution in [0.3, 0.4) is 0 Å². The molecule has 9 heteroatoms. The standard InChI is InChI=1S/C22H19ClN4O2S2/c1-2-27-20(29)16-5-3-4-6-17(16)25-22(27)30-12-11-19(28)26-21-24-18(13-31-21)14-7-9-15(23)10-8-14/h3-10,13H,2,11-12H2,1H3,(H,24,26,28). The summed E-state index contributed by atoms with van der Waals surface area (Å²) in [7, 11) is 0. The smallest absolute Gasteiger partial charge is 0.262 e. The van der Waals surface area contributed by atoms with E-state index < -0.39 is 0 Å². The number of hydrogen-bond acceptors (Lipinski definition) is 6. The number of thioether (sulfide) groups is 1. The molecule has 4 rings (SSSR count). The predicted octanol–water partition coefficient (Wildman–Crippen LogP) is 5.31. The van der Waals surface area contributed by atoms with Crippen molar-refractivity contribution in [3.63, 3.8) is 0 Å². The number of carbonyl (C=O) groups excluding carboxylic acids is 1. The van der Waals surface area contributed by atoms with Crippen LogP contribution >= 0.6 is 34.7 Å². The van der Waals surface area contributed by atoms with Crippen molar-refractivity contribution >= 4 is 56.6 Å². The van der Waals surface area contributed by atoms with E-state index in [2.05, 4.69) is 15.3 Å². The number of nitrogens with zero attached hydrogens (tertiary/aromatic N) is 3. The number of anilines is 1. The maximum Gasteiger partial charge on any atom is 0.262 e. The van der Waals surface area contributed by atoms with Gasteiger partial charge in [-0.3, -0.25) is 14.2 Å². The summed E-state index contributed by atoms with van der Waals surface area (Å²) in [4.78, 5) is 34.1. The van der Waals surface area contributed by atoms with Crippen molar-refractivity contribution in [2.24, 2.45) is 0 Å². The summed E-state index contributed by atoms with van der Waals surface area (Å²) in [6, 6.07) is 14.7. The van der Waals surface area contributed by atoms with E-state index in [1.54, 1.807) is 10.6 Å². The minimum atomic E-state index is -0.129. The van der Waals surface area contributed by atoms with E-state index in [0.717, 1.165) is 11.3 Å². The van der Waals surface area contributed by atoms with E-state index in [-0.39, 0.29) is 17.9 Å². The van der Waals surface area contributed by atoms with Crippen LogP contribution in [0.25, 0.3) is 22.2 Å². The lowest BCUT2D eigenvalue weighted by atomic mass is 10.2. The molecule has 31 heavy (non-hydrogen) atoms. The van der Waals surface area contributed by atoms with Crippen LogP contribution in [0.15, 0.2) is 63.9 Å². The predicted molar refractivity (Wildman–Crippen MR) is 128 cm³/mol. The van der Waals surface area contributed by atoms with Crippen LogP contribution in [-0.2, 0) is 11.3 Å². The Bertz CT molecular complexity index is 1280. The Balaban J connectivity index is 1.38. The van der Waals surface area contributed by atoms with Crippen LogP contribution in [0.2, 0.25) is 5.02 Å². The zero-order valence-electron chi connectivity index (χ0n) is 16.7. The summed E-state index contributed by atoms with van der Waals surface area (Å²) in [5.41, 5.74) is 2.34. The van der Waals surface area contributed by atoms with Gasteiger partial charge in [0.2, 0.25) is 5.91 Å². The minimum absolute atomic E-state index is 0.0578. The van der Waals surface area contributed by atoms with Gasteiger partial charge in [-0.05, 0) is 31.2 Å². The van der Waals surface area contributed by atoms with Gasteiger partial charge in [0.05, 0.1) is 16.6 Å². The molecule has 158 valence electrons. The van der Waals surface area contributed by atoms with Gasteiger partial charge < -0.3 is 5.32 Å². The van der Waals surface area contributed by atoms with E-state index in [0.29, 0.717) is 38.5 Å². The fourth-order valence-corrected chi connectivity index (χ4v) is 4.90. The van der Waals surface area contributed by atoms with Crippen LogP contribution in [-0.4, -0.2) is 26.2 Å². The zero-order chi connectivity index (χ0) is 21.8. The molecule has 0 atom stereocenters. The third-order valence-electron chi connectivity index (χ3n) is 4.59. The zero-order valence-corrected chi connectivity index (χ0v) is 19.1. The van der Waals surface area contributed by atoms with Crippen LogP contribution < -0.4 is 10.9 Å². The lowest BCUT2D eigenvalue weighted by Gasteiger charge is -2.10. The molecule has 0 saturated heterocycles. The lowest BCUT2D eigenvalue weighted by molar-refractivity contribution is -0.115. The number of halogens is 1. The Morgan fingerprint density at radius 3 is 2.71 bits per heavy atom. The number of thiazole rings is 1. The molecule has 0 unspecified atom stereocenters. The van der Waals surface area contributed by atoms with Crippen molar-refractivity contribution in [2.45, 2.75) is 25.0 Å². The Hall–Kier alpha value is -2.68. The quantitative estimate of drug-likeness (QED) is 0.292. The van der Waals surface area contributed by atoms with Gasteiger partial charge in [-0.2, -0.15) is 0 Å². The molecule has 6 nitrogen and oxygen atoms in total. The molecule has 2 aromatic carbocycles. The Morgan fingerprint density at radius 1 is 1.16 bits per heavy atom. The molecule has 0 saturated carbocycles. The van der Waals surface area contributed by atoms with E-state index >= 15 is 0 Å². The van der Waals surface area contributed by atoms with Gasteiger partial charge in [-0.15, -0.1) is 11.3 Å². The van der Waals surface area contributed by atoms with Gasteiger partial charge in [0, 0.05) is 34.7 Å². The molecule has 0 aliphatic carbocycles. The second-order valence-corrected chi connectivity index (χ2v) is 9.01. The third-order valence-corrected chi connectivity index (χ3v) is 6.58. The number of rotatable bonds is 7. The number of aromatic nitrogens is 3. The normalized spacial score (nSPS) is 11.0. The highest BCUT2D eigenvalue weighted by atomic mass is 35.5. The monoisotopic (exact) mass is 470 g/mol. The number of fused-ring (bicyclic) bond motifs is 1. The fraction of sp³-hybridized carbons (Fsp3) is 0.182. The summed E-state index contributed by atoms with van der Waals surface area (Å²) < 4.78 is 1.64. The van der Waals surface area contributed by atoms with Gasteiger partial charge >= 0.3 is 0 Å². The number of nitrogens with one attached hydrogen (secondary N) is 1. The first-order valence-electron chi connectivity index (χ1n) is 9.69. The van der Waals surface area contributed by atoms with Crippen molar-refractivity contribution in [1.29, 1.82) is 0 Å². The Kier molecular flexibility index (Phi) is 6.70. The molecule has 0 aliphatic rings. The van der Waals surface area contributed by atoms with Crippen molar-refractivity contribution < 1.29 is 4.79 Å². The van der Waals surface area contributed by atoms with E-state index in [1.807, 2.05) is 54.8 Å². The number of carbonyl (C=O) groups is 1. The Morgan fingerprint density at radius 2 is 1.94 bits per heavy atom. The number of benzene rings is 2. The molecule has 1 N–H and O–H groups in total. The fourth-order valence-electron chi connectivity index (χ4n) is 3.04. The van der Waals surface area contributed by atoms with Crippen molar-refractivity contribution in [3.05, 3.63) is 69.3 Å². The highest BCUT2D eigenvalue weighted by Crippen LogP contribution is 2.26. The molecule has 1 amide bonds. The molecular formula is C22H19ClN4O2S2. The van der Waals surface area contributed by atoms with Gasteiger partial charge in [0.25, 0.3) is 5.56 Å². The molecule has 2 aromatic heterocycles. The highest BCUT2D eigenvalue weighted by Gasteiger charge is 2.12. The first-order valence-corrected chi connectivity index (χ1v) is 11.9. The summed E-state index contributed by atoms with van der Waals surface area (Å²) in [5.74, 6) is 0.377. The van der Waals surface area contributed by atoms with Gasteiger partial charge in [-0.1, -0.05) is 47.6 Å². The molecule has 0 fully saturated rings. The SMILES string of the molecule is CCn1c(SCCC(=O)Nc2nc(-c3ccc(Cl)cc3)cs2)nc2ccccc2c1=O. The minimum Gasteiger partial charge on any atom is -0.302 e. The van der Waals surface area contributed by atoms with E-state index in [9.17, 15) is 9.59 Å². The molecule has 0 bridgehead atoms. The average molecular weight is 471 g/mol. The van der Waals surface area contributed by atoms with Crippen molar-refractivity contribution in [3.8, 4) is 11.3 Å². The second kappa shape index (κ2) is 9.64. The first kappa shape index (κ1) is 21.5. The van der Waals surface area contributed by atoms with E-state index in [4.69, 9.17) is 11.6 Å². The van der Waals surface area contributed by atoms with Gasteiger partial charge in [-0.25, -0.2) is 9.97 Å². The topological polar surface area (TPSA) is 76.9 Å².